The Morgan fingerprint density at radius 3 is 2.30 bits per heavy atom. The van der Waals surface area contributed by atoms with Gasteiger partial charge >= 0.3 is 6.09 Å². The second kappa shape index (κ2) is 11.3. The third-order valence-corrected chi connectivity index (χ3v) is 4.49. The summed E-state index contributed by atoms with van der Waals surface area (Å²) in [5, 5.41) is 2.70. The Bertz CT molecular complexity index is 799. The number of pyridine rings is 1. The fourth-order valence-corrected chi connectivity index (χ4v) is 2.95. The van der Waals surface area contributed by atoms with Crippen molar-refractivity contribution in [3.63, 3.8) is 0 Å². The first-order chi connectivity index (χ1) is 14.3. The number of hydrogen-bond donors (Lipinski definition) is 1. The van der Waals surface area contributed by atoms with Crippen LogP contribution >= 0.6 is 0 Å². The van der Waals surface area contributed by atoms with Gasteiger partial charge in [0.05, 0.1) is 0 Å². The van der Waals surface area contributed by atoms with E-state index in [9.17, 15) is 9.59 Å². The van der Waals surface area contributed by atoms with E-state index in [0.29, 0.717) is 32.5 Å². The third-order valence-electron chi connectivity index (χ3n) is 4.49. The number of ether oxygens (including phenoxy) is 1. The van der Waals surface area contributed by atoms with Gasteiger partial charge in [0, 0.05) is 38.4 Å². The topological polar surface area (TPSA) is 71.5 Å². The van der Waals surface area contributed by atoms with Gasteiger partial charge in [-0.15, -0.1) is 0 Å². The highest BCUT2D eigenvalue weighted by atomic mass is 16.6. The number of carbonyl (C=O) groups is 2. The van der Waals surface area contributed by atoms with Crippen LogP contribution in [0.25, 0.3) is 0 Å². The smallest absolute Gasteiger partial charge is 0.407 e. The van der Waals surface area contributed by atoms with Crippen LogP contribution in [-0.4, -0.2) is 34.0 Å². The summed E-state index contributed by atoms with van der Waals surface area (Å²) >= 11 is 0. The van der Waals surface area contributed by atoms with Crippen LogP contribution in [0, 0.1) is 0 Å². The zero-order chi connectivity index (χ0) is 22.0. The molecular weight excluding hydrogens is 378 g/mol. The van der Waals surface area contributed by atoms with Crippen LogP contribution in [0.1, 0.15) is 57.2 Å². The lowest BCUT2D eigenvalue weighted by atomic mass is 10.1. The van der Waals surface area contributed by atoms with E-state index >= 15 is 0 Å². The summed E-state index contributed by atoms with van der Waals surface area (Å²) < 4.78 is 5.22. The molecule has 1 N–H and O–H groups in total. The van der Waals surface area contributed by atoms with Gasteiger partial charge in [-0.1, -0.05) is 37.3 Å². The lowest BCUT2D eigenvalue weighted by Gasteiger charge is -2.23. The van der Waals surface area contributed by atoms with Crippen LogP contribution < -0.4 is 5.32 Å². The molecule has 6 heteroatoms. The first kappa shape index (κ1) is 23.4. The number of carbonyl (C=O) groups excluding carboxylic acids is 2. The van der Waals surface area contributed by atoms with Crippen LogP contribution in [0.4, 0.5) is 4.79 Å². The van der Waals surface area contributed by atoms with Gasteiger partial charge in [-0.3, -0.25) is 9.78 Å². The molecule has 0 radical (unpaired) electrons. The van der Waals surface area contributed by atoms with Crippen molar-refractivity contribution >= 4 is 12.0 Å². The third kappa shape index (κ3) is 8.64. The van der Waals surface area contributed by atoms with Gasteiger partial charge in [0.2, 0.25) is 5.91 Å². The summed E-state index contributed by atoms with van der Waals surface area (Å²) in [6, 6.07) is 12.2. The monoisotopic (exact) mass is 411 g/mol. The number of amides is 2. The molecule has 0 saturated heterocycles. The van der Waals surface area contributed by atoms with E-state index in [1.807, 2.05) is 37.8 Å². The second-order valence-corrected chi connectivity index (χ2v) is 8.31. The lowest BCUT2D eigenvalue weighted by Crippen LogP contribution is -2.34. The van der Waals surface area contributed by atoms with E-state index in [-0.39, 0.29) is 5.91 Å². The summed E-state index contributed by atoms with van der Waals surface area (Å²) in [6.45, 7) is 9.02. The zero-order valence-corrected chi connectivity index (χ0v) is 18.5. The van der Waals surface area contributed by atoms with E-state index < -0.39 is 11.7 Å². The Hall–Kier alpha value is -2.89. The number of hydrogen-bond acceptors (Lipinski definition) is 4. The summed E-state index contributed by atoms with van der Waals surface area (Å²) in [5.74, 6) is 0.0457. The Morgan fingerprint density at radius 2 is 1.70 bits per heavy atom. The minimum Gasteiger partial charge on any atom is -0.444 e. The van der Waals surface area contributed by atoms with Crippen LogP contribution in [0.15, 0.2) is 48.8 Å². The highest BCUT2D eigenvalue weighted by molar-refractivity contribution is 5.76. The molecule has 0 saturated carbocycles. The van der Waals surface area contributed by atoms with Crippen molar-refractivity contribution in [1.29, 1.82) is 0 Å². The molecule has 1 heterocycles. The Morgan fingerprint density at radius 1 is 1.03 bits per heavy atom. The number of benzene rings is 1. The largest absolute Gasteiger partial charge is 0.444 e. The molecule has 162 valence electrons. The number of aryl methyl sites for hydroxylation is 1. The molecule has 2 rings (SSSR count). The van der Waals surface area contributed by atoms with Crippen LogP contribution in [0.2, 0.25) is 0 Å². The molecule has 0 bridgehead atoms. The van der Waals surface area contributed by atoms with Crippen LogP contribution in [0.3, 0.4) is 0 Å². The van der Waals surface area contributed by atoms with Crippen molar-refractivity contribution in [3.05, 3.63) is 65.5 Å². The van der Waals surface area contributed by atoms with E-state index in [2.05, 4.69) is 41.5 Å². The summed E-state index contributed by atoms with van der Waals surface area (Å²) in [7, 11) is 0. The lowest BCUT2D eigenvalue weighted by molar-refractivity contribution is -0.132. The minimum atomic E-state index is -0.534. The number of nitrogens with one attached hydrogen (secondary N) is 1. The zero-order valence-electron chi connectivity index (χ0n) is 18.5. The van der Waals surface area contributed by atoms with Crippen LogP contribution in [0.5, 0.6) is 0 Å². The molecule has 0 spiro atoms. The van der Waals surface area contributed by atoms with Gasteiger partial charge in [-0.2, -0.15) is 0 Å². The molecular formula is C24H33N3O3. The minimum absolute atomic E-state index is 0.0457. The normalized spacial score (nSPS) is 11.1. The SMILES string of the molecule is CCc1ccc(CN(Cc2cccnc2)C(=O)CCCNC(=O)OC(C)(C)C)cc1. The molecule has 2 aromatic rings. The quantitative estimate of drug-likeness (QED) is 0.618. The maximum absolute atomic E-state index is 12.9. The van der Waals surface area contributed by atoms with Crippen molar-refractivity contribution < 1.29 is 14.3 Å². The molecule has 0 aliphatic heterocycles. The van der Waals surface area contributed by atoms with E-state index in [0.717, 1.165) is 17.5 Å². The number of rotatable bonds is 9. The van der Waals surface area contributed by atoms with Crippen molar-refractivity contribution in [2.75, 3.05) is 6.54 Å². The number of aromatic nitrogens is 1. The van der Waals surface area contributed by atoms with E-state index in [1.165, 1.54) is 5.56 Å². The van der Waals surface area contributed by atoms with Crippen molar-refractivity contribution in [1.82, 2.24) is 15.2 Å². The predicted molar refractivity (Wildman–Crippen MR) is 118 cm³/mol. The van der Waals surface area contributed by atoms with Gasteiger partial charge < -0.3 is 15.0 Å². The molecule has 0 aliphatic carbocycles. The second-order valence-electron chi connectivity index (χ2n) is 8.31. The Labute approximate surface area is 179 Å². The van der Waals surface area contributed by atoms with Gasteiger partial charge in [-0.25, -0.2) is 4.79 Å². The molecule has 2 amide bonds. The summed E-state index contributed by atoms with van der Waals surface area (Å²) in [6.07, 6.45) is 4.94. The highest BCUT2D eigenvalue weighted by Crippen LogP contribution is 2.13. The maximum Gasteiger partial charge on any atom is 0.407 e. The van der Waals surface area contributed by atoms with E-state index in [4.69, 9.17) is 4.74 Å². The molecule has 30 heavy (non-hydrogen) atoms. The highest BCUT2D eigenvalue weighted by Gasteiger charge is 2.17. The first-order valence-corrected chi connectivity index (χ1v) is 10.5. The molecule has 0 atom stereocenters. The van der Waals surface area contributed by atoms with Gasteiger partial charge in [0.25, 0.3) is 0 Å². The fraction of sp³-hybridized carbons (Fsp3) is 0.458. The average Bonchev–Trinajstić information content (AvgIpc) is 2.70. The summed E-state index contributed by atoms with van der Waals surface area (Å²) in [5.41, 5.74) is 2.82. The van der Waals surface area contributed by atoms with Crippen molar-refractivity contribution in [2.24, 2.45) is 0 Å². The van der Waals surface area contributed by atoms with Gasteiger partial charge in [-0.05, 0) is 56.4 Å². The number of alkyl carbamates (subject to hydrolysis) is 1. The van der Waals surface area contributed by atoms with Gasteiger partial charge in [0.1, 0.15) is 5.60 Å². The van der Waals surface area contributed by atoms with Crippen molar-refractivity contribution in [2.45, 2.75) is 65.6 Å². The Balaban J connectivity index is 1.93. The average molecular weight is 412 g/mol. The molecule has 1 aromatic heterocycles. The number of nitrogens with zero attached hydrogens (tertiary/aromatic N) is 2. The molecule has 0 aliphatic rings. The van der Waals surface area contributed by atoms with Gasteiger partial charge in [0.15, 0.2) is 0 Å². The van der Waals surface area contributed by atoms with Crippen LogP contribution in [-0.2, 0) is 29.0 Å². The first-order valence-electron chi connectivity index (χ1n) is 10.5. The predicted octanol–water partition coefficient (Wildman–Crippen LogP) is 4.48. The standard InChI is InChI=1S/C24H33N3O3/c1-5-19-10-12-20(13-11-19)17-27(18-21-8-6-14-25-16-21)22(28)9-7-15-26-23(29)30-24(2,3)4/h6,8,10-14,16H,5,7,9,15,17-18H2,1-4H3,(H,26,29). The molecule has 6 nitrogen and oxygen atoms in total. The molecule has 0 unspecified atom stereocenters. The fourth-order valence-electron chi connectivity index (χ4n) is 2.95. The van der Waals surface area contributed by atoms with E-state index in [1.54, 1.807) is 12.4 Å². The molecule has 0 fully saturated rings. The van der Waals surface area contributed by atoms with Crippen molar-refractivity contribution in [3.8, 4) is 0 Å². The maximum atomic E-state index is 12.9. The Kier molecular flexibility index (Phi) is 8.84. The molecule has 1 aromatic carbocycles. The summed E-state index contributed by atoms with van der Waals surface area (Å²) in [4.78, 5) is 30.6.